The molecule has 24 heavy (non-hydrogen) atoms. The first-order valence-corrected chi connectivity index (χ1v) is 8.05. The predicted molar refractivity (Wildman–Crippen MR) is 89.0 cm³/mol. The van der Waals surface area contributed by atoms with Gasteiger partial charge in [-0.15, -0.1) is 0 Å². The Morgan fingerprint density at radius 3 is 2.21 bits per heavy atom. The lowest BCUT2D eigenvalue weighted by molar-refractivity contribution is -0.138. The van der Waals surface area contributed by atoms with Crippen LogP contribution in [0, 0.1) is 0 Å². The molecule has 0 radical (unpaired) electrons. The number of benzene rings is 2. The SMILES string of the molecule is CCCOc1ccc(CCc2ccc(CN)cc2C(F)(F)F)cc1. The fraction of sp³-hybridized carbons (Fsp3) is 0.368. The van der Waals surface area contributed by atoms with E-state index in [9.17, 15) is 13.2 Å². The van der Waals surface area contributed by atoms with Gasteiger partial charge in [0.25, 0.3) is 0 Å². The Hall–Kier alpha value is -2.01. The molecular formula is C19H22F3NO. The molecule has 0 aromatic heterocycles. The van der Waals surface area contributed by atoms with Gasteiger partial charge >= 0.3 is 6.18 Å². The number of aryl methyl sites for hydroxylation is 2. The lowest BCUT2D eigenvalue weighted by Crippen LogP contribution is -2.11. The summed E-state index contributed by atoms with van der Waals surface area (Å²) in [4.78, 5) is 0. The van der Waals surface area contributed by atoms with E-state index < -0.39 is 11.7 Å². The number of ether oxygens (including phenoxy) is 1. The zero-order chi connectivity index (χ0) is 17.6. The van der Waals surface area contributed by atoms with Crippen LogP contribution in [0.25, 0.3) is 0 Å². The number of nitrogens with two attached hydrogens (primary N) is 1. The van der Waals surface area contributed by atoms with Gasteiger partial charge in [-0.1, -0.05) is 31.2 Å². The van der Waals surface area contributed by atoms with E-state index in [4.69, 9.17) is 10.5 Å². The average molecular weight is 337 g/mol. The fourth-order valence-electron chi connectivity index (χ4n) is 2.48. The second-order valence-electron chi connectivity index (χ2n) is 5.69. The van der Waals surface area contributed by atoms with Crippen LogP contribution in [0.2, 0.25) is 0 Å². The van der Waals surface area contributed by atoms with Crippen LogP contribution < -0.4 is 10.5 Å². The summed E-state index contributed by atoms with van der Waals surface area (Å²) in [6.45, 7) is 2.78. The molecule has 2 aromatic rings. The third-order valence-electron chi connectivity index (χ3n) is 3.79. The van der Waals surface area contributed by atoms with Crippen LogP contribution >= 0.6 is 0 Å². The Morgan fingerprint density at radius 1 is 0.958 bits per heavy atom. The summed E-state index contributed by atoms with van der Waals surface area (Å²) in [5.74, 6) is 0.781. The summed E-state index contributed by atoms with van der Waals surface area (Å²) in [5.41, 5.74) is 6.63. The average Bonchev–Trinajstić information content (AvgIpc) is 2.58. The molecule has 0 heterocycles. The van der Waals surface area contributed by atoms with Crippen LogP contribution in [-0.2, 0) is 25.6 Å². The normalized spacial score (nSPS) is 11.5. The number of rotatable bonds is 7. The van der Waals surface area contributed by atoms with E-state index in [1.807, 2.05) is 31.2 Å². The van der Waals surface area contributed by atoms with Gasteiger partial charge in [0, 0.05) is 6.54 Å². The van der Waals surface area contributed by atoms with Crippen molar-refractivity contribution in [2.45, 2.75) is 38.9 Å². The van der Waals surface area contributed by atoms with Gasteiger partial charge < -0.3 is 10.5 Å². The number of hydrogen-bond acceptors (Lipinski definition) is 2. The second-order valence-corrected chi connectivity index (χ2v) is 5.69. The zero-order valence-corrected chi connectivity index (χ0v) is 13.7. The number of halogens is 3. The smallest absolute Gasteiger partial charge is 0.416 e. The van der Waals surface area contributed by atoms with E-state index in [0.717, 1.165) is 23.8 Å². The van der Waals surface area contributed by atoms with E-state index in [-0.39, 0.29) is 6.54 Å². The Balaban J connectivity index is 2.08. The van der Waals surface area contributed by atoms with E-state index in [1.54, 1.807) is 6.07 Å². The van der Waals surface area contributed by atoms with Gasteiger partial charge in [-0.25, -0.2) is 0 Å². The Morgan fingerprint density at radius 2 is 1.62 bits per heavy atom. The van der Waals surface area contributed by atoms with Crippen LogP contribution in [0.1, 0.15) is 35.6 Å². The molecule has 0 fully saturated rings. The maximum absolute atomic E-state index is 13.2. The molecule has 2 rings (SSSR count). The topological polar surface area (TPSA) is 35.2 Å². The summed E-state index contributed by atoms with van der Waals surface area (Å²) >= 11 is 0. The van der Waals surface area contributed by atoms with E-state index in [1.165, 1.54) is 6.07 Å². The van der Waals surface area contributed by atoms with Crippen molar-refractivity contribution < 1.29 is 17.9 Å². The van der Waals surface area contributed by atoms with Crippen LogP contribution in [0.5, 0.6) is 5.75 Å². The molecule has 0 aliphatic rings. The summed E-state index contributed by atoms with van der Waals surface area (Å²) in [6, 6.07) is 11.8. The predicted octanol–water partition coefficient (Wildman–Crippen LogP) is 4.74. The zero-order valence-electron chi connectivity index (χ0n) is 13.7. The maximum Gasteiger partial charge on any atom is 0.416 e. The Labute approximate surface area is 140 Å². The first kappa shape index (κ1) is 18.3. The van der Waals surface area contributed by atoms with Crippen molar-refractivity contribution in [3.05, 3.63) is 64.7 Å². The van der Waals surface area contributed by atoms with Gasteiger partial charge in [0.15, 0.2) is 0 Å². The van der Waals surface area contributed by atoms with Crippen molar-refractivity contribution in [1.82, 2.24) is 0 Å². The van der Waals surface area contributed by atoms with Crippen molar-refractivity contribution >= 4 is 0 Å². The molecule has 0 unspecified atom stereocenters. The minimum atomic E-state index is -4.36. The highest BCUT2D eigenvalue weighted by Crippen LogP contribution is 2.33. The highest BCUT2D eigenvalue weighted by Gasteiger charge is 2.33. The molecule has 130 valence electrons. The Bertz CT molecular complexity index is 651. The third kappa shape index (κ3) is 4.99. The molecule has 2 nitrogen and oxygen atoms in total. The molecule has 0 spiro atoms. The molecule has 0 saturated carbocycles. The summed E-state index contributed by atoms with van der Waals surface area (Å²) in [5, 5.41) is 0. The van der Waals surface area contributed by atoms with E-state index in [0.29, 0.717) is 30.6 Å². The maximum atomic E-state index is 13.2. The van der Waals surface area contributed by atoms with E-state index >= 15 is 0 Å². The van der Waals surface area contributed by atoms with Crippen LogP contribution in [-0.4, -0.2) is 6.61 Å². The molecule has 2 N–H and O–H groups in total. The van der Waals surface area contributed by atoms with Gasteiger partial charge in [0.1, 0.15) is 5.75 Å². The Kier molecular flexibility index (Phi) is 6.26. The first-order valence-electron chi connectivity index (χ1n) is 8.05. The van der Waals surface area contributed by atoms with Crippen molar-refractivity contribution in [2.75, 3.05) is 6.61 Å². The minimum absolute atomic E-state index is 0.0998. The fourth-order valence-corrected chi connectivity index (χ4v) is 2.48. The molecule has 5 heteroatoms. The molecule has 0 saturated heterocycles. The third-order valence-corrected chi connectivity index (χ3v) is 3.79. The molecular weight excluding hydrogens is 315 g/mol. The molecule has 0 aliphatic heterocycles. The van der Waals surface area contributed by atoms with Gasteiger partial charge in [0.05, 0.1) is 12.2 Å². The van der Waals surface area contributed by atoms with Gasteiger partial charge in [-0.2, -0.15) is 13.2 Å². The van der Waals surface area contributed by atoms with Crippen LogP contribution in [0.15, 0.2) is 42.5 Å². The standard InChI is InChI=1S/C19H22F3NO/c1-2-11-24-17-9-5-14(6-10-17)3-7-16-8-4-15(13-23)12-18(16)19(20,21)22/h4-6,8-10,12H,2-3,7,11,13,23H2,1H3. The van der Waals surface area contributed by atoms with Gasteiger partial charge in [-0.05, 0) is 54.2 Å². The van der Waals surface area contributed by atoms with Gasteiger partial charge in [-0.3, -0.25) is 0 Å². The summed E-state index contributed by atoms with van der Waals surface area (Å²) < 4.78 is 45.1. The quantitative estimate of drug-likeness (QED) is 0.792. The lowest BCUT2D eigenvalue weighted by atomic mass is 9.97. The van der Waals surface area contributed by atoms with Crippen molar-refractivity contribution in [1.29, 1.82) is 0 Å². The number of alkyl halides is 3. The minimum Gasteiger partial charge on any atom is -0.494 e. The second kappa shape index (κ2) is 8.20. The first-order chi connectivity index (χ1) is 11.4. The van der Waals surface area contributed by atoms with Gasteiger partial charge in [0.2, 0.25) is 0 Å². The van der Waals surface area contributed by atoms with E-state index in [2.05, 4.69) is 0 Å². The van der Waals surface area contributed by atoms with Crippen molar-refractivity contribution in [3.8, 4) is 5.75 Å². The molecule has 0 bridgehead atoms. The highest BCUT2D eigenvalue weighted by atomic mass is 19.4. The molecule has 0 atom stereocenters. The highest BCUT2D eigenvalue weighted by molar-refractivity contribution is 5.35. The molecule has 0 aliphatic carbocycles. The monoisotopic (exact) mass is 337 g/mol. The number of hydrogen-bond donors (Lipinski definition) is 1. The van der Waals surface area contributed by atoms with Crippen LogP contribution in [0.3, 0.4) is 0 Å². The summed E-state index contributed by atoms with van der Waals surface area (Å²) in [6.07, 6.45) is -2.56. The molecule has 2 aromatic carbocycles. The lowest BCUT2D eigenvalue weighted by Gasteiger charge is -2.14. The van der Waals surface area contributed by atoms with Crippen molar-refractivity contribution in [3.63, 3.8) is 0 Å². The summed E-state index contributed by atoms with van der Waals surface area (Å²) in [7, 11) is 0. The van der Waals surface area contributed by atoms with Crippen molar-refractivity contribution in [2.24, 2.45) is 5.73 Å². The molecule has 0 amide bonds. The van der Waals surface area contributed by atoms with Crippen LogP contribution in [0.4, 0.5) is 13.2 Å². The largest absolute Gasteiger partial charge is 0.494 e.